The molecular formula is C24H36O8. The zero-order valence-electron chi connectivity index (χ0n) is 19.2. The average molecular weight is 453 g/mol. The van der Waals surface area contributed by atoms with Crippen LogP contribution in [0, 0.1) is 0 Å². The first-order valence-electron chi connectivity index (χ1n) is 10.7. The van der Waals surface area contributed by atoms with Crippen molar-refractivity contribution >= 4 is 0 Å². The number of aliphatic hydroxyl groups is 4. The summed E-state index contributed by atoms with van der Waals surface area (Å²) in [6.45, 7) is 4.11. The molecule has 32 heavy (non-hydrogen) atoms. The summed E-state index contributed by atoms with van der Waals surface area (Å²) in [6.07, 6.45) is -4.10. The van der Waals surface area contributed by atoms with Crippen LogP contribution in [0.25, 0.3) is 0 Å². The maximum absolute atomic E-state index is 10.0. The minimum atomic E-state index is -1.14. The third-order valence-electron chi connectivity index (χ3n) is 4.62. The molecule has 2 rings (SSSR count). The molecule has 0 bridgehead atoms. The number of hydrogen-bond donors (Lipinski definition) is 4. The van der Waals surface area contributed by atoms with Crippen LogP contribution in [-0.4, -0.2) is 60.1 Å². The molecule has 0 aliphatic carbocycles. The standard InChI is InChI=1S/C22H30O8.C2H6/c1-27-17-7-3-15(4-8-17)21(25)29-13-11-19(23)20(24)12-14-30-22(26)16-5-9-18(28-2)10-6-16;1-2/h3-10,19-26H,11-14H2,1-2H3;1-2H3. The second-order valence-electron chi connectivity index (χ2n) is 6.70. The Bertz CT molecular complexity index is 656. The Morgan fingerprint density at radius 3 is 1.19 bits per heavy atom. The molecule has 0 spiro atoms. The summed E-state index contributed by atoms with van der Waals surface area (Å²) in [5.41, 5.74) is 1.12. The Hall–Kier alpha value is -2.20. The molecule has 0 aromatic heterocycles. The van der Waals surface area contributed by atoms with Gasteiger partial charge in [0, 0.05) is 11.1 Å². The maximum atomic E-state index is 10.0. The van der Waals surface area contributed by atoms with Crippen molar-refractivity contribution < 1.29 is 39.4 Å². The van der Waals surface area contributed by atoms with Gasteiger partial charge in [-0.25, -0.2) is 0 Å². The molecule has 0 saturated heterocycles. The van der Waals surface area contributed by atoms with Gasteiger partial charge in [-0.05, 0) is 37.1 Å². The third-order valence-corrected chi connectivity index (χ3v) is 4.62. The minimum absolute atomic E-state index is 0.0563. The van der Waals surface area contributed by atoms with Crippen LogP contribution in [0.2, 0.25) is 0 Å². The van der Waals surface area contributed by atoms with Gasteiger partial charge in [0.1, 0.15) is 11.5 Å². The highest BCUT2D eigenvalue weighted by molar-refractivity contribution is 5.28. The van der Waals surface area contributed by atoms with E-state index in [9.17, 15) is 20.4 Å². The summed E-state index contributed by atoms with van der Waals surface area (Å²) in [6, 6.07) is 13.6. The van der Waals surface area contributed by atoms with E-state index >= 15 is 0 Å². The summed E-state index contributed by atoms with van der Waals surface area (Å²) in [4.78, 5) is 0. The van der Waals surface area contributed by atoms with Crippen LogP contribution in [0.1, 0.15) is 50.4 Å². The van der Waals surface area contributed by atoms with Crippen LogP contribution in [0.15, 0.2) is 48.5 Å². The molecule has 0 radical (unpaired) electrons. The molecule has 180 valence electrons. The molecule has 4 unspecified atom stereocenters. The molecule has 8 nitrogen and oxygen atoms in total. The predicted molar refractivity (Wildman–Crippen MR) is 120 cm³/mol. The van der Waals surface area contributed by atoms with E-state index in [2.05, 4.69) is 0 Å². The van der Waals surface area contributed by atoms with Gasteiger partial charge in [-0.15, -0.1) is 0 Å². The van der Waals surface area contributed by atoms with Crippen molar-refractivity contribution in [2.45, 2.75) is 51.5 Å². The lowest BCUT2D eigenvalue weighted by molar-refractivity contribution is -0.124. The summed E-state index contributed by atoms with van der Waals surface area (Å²) in [5, 5.41) is 40.1. The van der Waals surface area contributed by atoms with Crippen molar-refractivity contribution in [2.24, 2.45) is 0 Å². The van der Waals surface area contributed by atoms with E-state index in [1.165, 1.54) is 0 Å². The smallest absolute Gasteiger partial charge is 0.181 e. The van der Waals surface area contributed by atoms with Crippen molar-refractivity contribution in [2.75, 3.05) is 27.4 Å². The van der Waals surface area contributed by atoms with Gasteiger partial charge in [0.15, 0.2) is 12.6 Å². The van der Waals surface area contributed by atoms with E-state index in [1.54, 1.807) is 62.8 Å². The molecule has 8 heteroatoms. The average Bonchev–Trinajstić information content (AvgIpc) is 2.85. The summed E-state index contributed by atoms with van der Waals surface area (Å²) in [5.74, 6) is 1.34. The van der Waals surface area contributed by atoms with E-state index in [0.29, 0.717) is 22.6 Å². The van der Waals surface area contributed by atoms with E-state index in [4.69, 9.17) is 18.9 Å². The molecule has 0 amide bonds. The van der Waals surface area contributed by atoms with Crippen molar-refractivity contribution in [1.29, 1.82) is 0 Å². The van der Waals surface area contributed by atoms with Gasteiger partial charge in [0.25, 0.3) is 0 Å². The lowest BCUT2D eigenvalue weighted by atomic mass is 10.1. The fourth-order valence-corrected chi connectivity index (χ4v) is 2.72. The van der Waals surface area contributed by atoms with Crippen LogP contribution in [0.5, 0.6) is 11.5 Å². The largest absolute Gasteiger partial charge is 0.497 e. The highest BCUT2D eigenvalue weighted by atomic mass is 16.6. The topological polar surface area (TPSA) is 118 Å². The molecule has 4 N–H and O–H groups in total. The van der Waals surface area contributed by atoms with Crippen molar-refractivity contribution in [1.82, 2.24) is 0 Å². The molecule has 0 saturated carbocycles. The second kappa shape index (κ2) is 15.6. The zero-order valence-corrected chi connectivity index (χ0v) is 19.2. The highest BCUT2D eigenvalue weighted by Gasteiger charge is 2.18. The summed E-state index contributed by atoms with van der Waals surface area (Å²) in [7, 11) is 3.11. The number of ether oxygens (including phenoxy) is 4. The first kappa shape index (κ1) is 27.8. The van der Waals surface area contributed by atoms with Gasteiger partial charge in [-0.2, -0.15) is 0 Å². The van der Waals surface area contributed by atoms with Crippen LogP contribution in [-0.2, 0) is 9.47 Å². The second-order valence-corrected chi connectivity index (χ2v) is 6.70. The third kappa shape index (κ3) is 9.52. The fraction of sp³-hybridized carbons (Fsp3) is 0.500. The van der Waals surface area contributed by atoms with E-state index in [-0.39, 0.29) is 26.1 Å². The molecular weight excluding hydrogens is 416 g/mol. The summed E-state index contributed by atoms with van der Waals surface area (Å²) < 4.78 is 20.7. The molecule has 0 aliphatic rings. The van der Waals surface area contributed by atoms with Gasteiger partial charge in [0.2, 0.25) is 0 Å². The molecule has 0 heterocycles. The normalized spacial score (nSPS) is 14.5. The number of hydrogen-bond acceptors (Lipinski definition) is 8. The van der Waals surface area contributed by atoms with Gasteiger partial charge >= 0.3 is 0 Å². The lowest BCUT2D eigenvalue weighted by Crippen LogP contribution is -2.29. The van der Waals surface area contributed by atoms with Crippen molar-refractivity contribution in [3.05, 3.63) is 59.7 Å². The monoisotopic (exact) mass is 452 g/mol. The Labute approximate surface area is 190 Å². The van der Waals surface area contributed by atoms with Crippen LogP contribution in [0.3, 0.4) is 0 Å². The van der Waals surface area contributed by atoms with Gasteiger partial charge in [0.05, 0.1) is 39.6 Å². The molecule has 4 atom stereocenters. The molecule has 0 aliphatic heterocycles. The summed E-state index contributed by atoms with van der Waals surface area (Å²) >= 11 is 0. The molecule has 0 fully saturated rings. The van der Waals surface area contributed by atoms with E-state index in [0.717, 1.165) is 0 Å². The van der Waals surface area contributed by atoms with E-state index < -0.39 is 24.8 Å². The number of benzene rings is 2. The van der Waals surface area contributed by atoms with Gasteiger partial charge in [-0.1, -0.05) is 38.1 Å². The quantitative estimate of drug-likeness (QED) is 0.343. The first-order chi connectivity index (χ1) is 15.4. The molecule has 2 aromatic rings. The van der Waals surface area contributed by atoms with Crippen LogP contribution >= 0.6 is 0 Å². The number of aliphatic hydroxyl groups excluding tert-OH is 4. The fourth-order valence-electron chi connectivity index (χ4n) is 2.72. The van der Waals surface area contributed by atoms with E-state index in [1.807, 2.05) is 13.8 Å². The van der Waals surface area contributed by atoms with Crippen LogP contribution in [0.4, 0.5) is 0 Å². The van der Waals surface area contributed by atoms with Gasteiger partial charge < -0.3 is 39.4 Å². The van der Waals surface area contributed by atoms with Crippen molar-refractivity contribution in [3.63, 3.8) is 0 Å². The first-order valence-corrected chi connectivity index (χ1v) is 10.7. The van der Waals surface area contributed by atoms with Crippen LogP contribution < -0.4 is 9.47 Å². The Kier molecular flexibility index (Phi) is 13.5. The Morgan fingerprint density at radius 1 is 0.594 bits per heavy atom. The SMILES string of the molecule is CC.COc1ccc(C(O)OCCC(O)C(O)CCOC(O)c2ccc(OC)cc2)cc1. The van der Waals surface area contributed by atoms with Gasteiger partial charge in [-0.3, -0.25) is 0 Å². The van der Waals surface area contributed by atoms with Crippen molar-refractivity contribution in [3.8, 4) is 11.5 Å². The maximum Gasteiger partial charge on any atom is 0.181 e. The number of rotatable bonds is 13. The lowest BCUT2D eigenvalue weighted by Gasteiger charge is -2.20. The predicted octanol–water partition coefficient (Wildman–Crippen LogP) is 2.95. The molecule has 2 aromatic carbocycles. The zero-order chi connectivity index (χ0) is 23.9. The Balaban J connectivity index is 0.00000249. The highest BCUT2D eigenvalue weighted by Crippen LogP contribution is 2.20. The minimum Gasteiger partial charge on any atom is -0.497 e. The Morgan fingerprint density at radius 2 is 0.906 bits per heavy atom. The number of methoxy groups -OCH3 is 2.